The molecule has 9 nitrogen and oxygen atoms in total. The Morgan fingerprint density at radius 3 is 2.62 bits per heavy atom. The molecule has 0 saturated heterocycles. The van der Waals surface area contributed by atoms with Crippen molar-refractivity contribution in [1.29, 1.82) is 0 Å². The summed E-state index contributed by atoms with van der Waals surface area (Å²) >= 11 is 0. The monoisotopic (exact) mass is 388 g/mol. The second-order valence-corrected chi connectivity index (χ2v) is 7.20. The number of nitrogens with zero attached hydrogens (tertiary/aromatic N) is 7. The quantitative estimate of drug-likeness (QED) is 0.572. The first kappa shape index (κ1) is 17.4. The van der Waals surface area contributed by atoms with E-state index < -0.39 is 5.91 Å². The van der Waals surface area contributed by atoms with E-state index in [4.69, 9.17) is 15.8 Å². The number of carbonyl (C=O) groups is 1. The number of nitrogens with two attached hydrogens (primary N) is 1. The molecule has 1 unspecified atom stereocenters. The summed E-state index contributed by atoms with van der Waals surface area (Å²) in [6, 6.07) is 11.0. The van der Waals surface area contributed by atoms with Gasteiger partial charge in [-0.2, -0.15) is 14.9 Å². The summed E-state index contributed by atoms with van der Waals surface area (Å²) in [7, 11) is 1.89. The molecule has 3 aromatic heterocycles. The molecule has 0 spiro atoms. The van der Waals surface area contributed by atoms with Gasteiger partial charge >= 0.3 is 0 Å². The van der Waals surface area contributed by atoms with Crippen molar-refractivity contribution in [3.05, 3.63) is 65.9 Å². The highest BCUT2D eigenvalue weighted by atomic mass is 16.1. The number of primary amides is 1. The first-order valence-corrected chi connectivity index (χ1v) is 9.46. The van der Waals surface area contributed by atoms with Crippen LogP contribution in [0.5, 0.6) is 0 Å². The molecule has 1 atom stereocenters. The molecule has 2 N–H and O–H groups in total. The molecular formula is C20H20N8O. The average molecular weight is 388 g/mol. The predicted octanol–water partition coefficient (Wildman–Crippen LogP) is 1.69. The van der Waals surface area contributed by atoms with E-state index in [1.54, 1.807) is 23.0 Å². The zero-order chi connectivity index (χ0) is 20.0. The Labute approximate surface area is 166 Å². The number of hydrogen-bond donors (Lipinski definition) is 1. The molecule has 1 aromatic carbocycles. The Balaban J connectivity index is 1.58. The number of aromatic nitrogens is 7. The molecule has 0 saturated carbocycles. The van der Waals surface area contributed by atoms with Crippen LogP contribution in [0, 0.1) is 0 Å². The van der Waals surface area contributed by atoms with Gasteiger partial charge in [0.15, 0.2) is 11.6 Å². The van der Waals surface area contributed by atoms with Gasteiger partial charge < -0.3 is 5.73 Å². The van der Waals surface area contributed by atoms with E-state index in [0.717, 1.165) is 36.6 Å². The van der Waals surface area contributed by atoms with Gasteiger partial charge in [-0.05, 0) is 31.0 Å². The minimum absolute atomic E-state index is 0.222. The predicted molar refractivity (Wildman–Crippen MR) is 105 cm³/mol. The van der Waals surface area contributed by atoms with Crippen molar-refractivity contribution in [3.8, 4) is 17.2 Å². The highest BCUT2D eigenvalue weighted by Crippen LogP contribution is 2.31. The van der Waals surface area contributed by atoms with Gasteiger partial charge in [0.25, 0.3) is 0 Å². The lowest BCUT2D eigenvalue weighted by molar-refractivity contribution is 0.100. The molecule has 1 aliphatic rings. The maximum Gasteiger partial charge on any atom is 0.248 e. The van der Waals surface area contributed by atoms with Crippen molar-refractivity contribution in [1.82, 2.24) is 34.3 Å². The number of fused-ring (bicyclic) bond motifs is 1. The largest absolute Gasteiger partial charge is 0.366 e. The van der Waals surface area contributed by atoms with Crippen LogP contribution in [-0.4, -0.2) is 40.2 Å². The lowest BCUT2D eigenvalue weighted by Gasteiger charge is -2.22. The van der Waals surface area contributed by atoms with Gasteiger partial charge in [-0.15, -0.1) is 5.10 Å². The van der Waals surface area contributed by atoms with Gasteiger partial charge in [-0.3, -0.25) is 14.2 Å². The smallest absolute Gasteiger partial charge is 0.248 e. The molecule has 9 heteroatoms. The third kappa shape index (κ3) is 3.00. The highest BCUT2D eigenvalue weighted by molar-refractivity contribution is 5.93. The third-order valence-electron chi connectivity index (χ3n) is 5.39. The molecule has 29 heavy (non-hydrogen) atoms. The molecule has 146 valence electrons. The van der Waals surface area contributed by atoms with E-state index in [9.17, 15) is 4.79 Å². The number of aryl methyl sites for hydroxylation is 2. The Kier molecular flexibility index (Phi) is 4.01. The summed E-state index contributed by atoms with van der Waals surface area (Å²) in [6.07, 6.45) is 5.38. The number of amides is 1. The molecule has 4 heterocycles. The first-order chi connectivity index (χ1) is 14.1. The molecule has 0 bridgehead atoms. The van der Waals surface area contributed by atoms with Crippen molar-refractivity contribution in [2.24, 2.45) is 12.8 Å². The van der Waals surface area contributed by atoms with Gasteiger partial charge in [0.2, 0.25) is 5.91 Å². The van der Waals surface area contributed by atoms with Crippen molar-refractivity contribution in [3.63, 3.8) is 0 Å². The van der Waals surface area contributed by atoms with Crippen LogP contribution in [0.1, 0.15) is 34.2 Å². The third-order valence-corrected chi connectivity index (χ3v) is 5.39. The van der Waals surface area contributed by atoms with E-state index in [1.165, 1.54) is 5.69 Å². The molecule has 1 aliphatic heterocycles. The molecule has 4 aromatic rings. The van der Waals surface area contributed by atoms with Gasteiger partial charge in [0.05, 0.1) is 6.20 Å². The molecule has 0 aliphatic carbocycles. The van der Waals surface area contributed by atoms with E-state index in [1.807, 2.05) is 40.8 Å². The van der Waals surface area contributed by atoms with Gasteiger partial charge in [0.1, 0.15) is 5.82 Å². The van der Waals surface area contributed by atoms with Crippen LogP contribution >= 0.6 is 0 Å². The van der Waals surface area contributed by atoms with Gasteiger partial charge in [-0.1, -0.05) is 12.1 Å². The average Bonchev–Trinajstić information content (AvgIpc) is 3.46. The van der Waals surface area contributed by atoms with Crippen molar-refractivity contribution < 1.29 is 4.79 Å². The van der Waals surface area contributed by atoms with Crippen LogP contribution < -0.4 is 5.73 Å². The van der Waals surface area contributed by atoms with E-state index in [2.05, 4.69) is 16.3 Å². The fourth-order valence-corrected chi connectivity index (χ4v) is 3.83. The van der Waals surface area contributed by atoms with Crippen LogP contribution in [-0.2, 0) is 20.0 Å². The van der Waals surface area contributed by atoms with Crippen molar-refractivity contribution in [2.45, 2.75) is 25.3 Å². The van der Waals surface area contributed by atoms with E-state index in [-0.39, 0.29) is 5.92 Å². The molecule has 1 amide bonds. The summed E-state index contributed by atoms with van der Waals surface area (Å²) in [5.74, 6) is 2.13. The SMILES string of the molecule is Cn1nccc1-n1nc(-c2ccc(C(N)=O)cc2)nc1C1CCn2nccc2C1. The van der Waals surface area contributed by atoms with Crippen LogP contribution in [0.15, 0.2) is 48.8 Å². The van der Waals surface area contributed by atoms with Crippen LogP contribution in [0.3, 0.4) is 0 Å². The maximum absolute atomic E-state index is 11.4. The molecule has 0 fully saturated rings. The number of carbonyl (C=O) groups excluding carboxylic acids is 1. The number of rotatable bonds is 4. The molecule has 0 radical (unpaired) electrons. The summed E-state index contributed by atoms with van der Waals surface area (Å²) in [4.78, 5) is 16.3. The van der Waals surface area contributed by atoms with E-state index in [0.29, 0.717) is 11.4 Å². The second kappa shape index (κ2) is 6.69. The topological polar surface area (TPSA) is 109 Å². The molecule has 5 rings (SSSR count). The van der Waals surface area contributed by atoms with Crippen LogP contribution in [0.25, 0.3) is 17.2 Å². The Bertz CT molecular complexity index is 1180. The summed E-state index contributed by atoms with van der Waals surface area (Å²) < 4.78 is 5.71. The number of hydrogen-bond acceptors (Lipinski definition) is 5. The normalized spacial score (nSPS) is 16.0. The van der Waals surface area contributed by atoms with Crippen molar-refractivity contribution in [2.75, 3.05) is 0 Å². The van der Waals surface area contributed by atoms with E-state index >= 15 is 0 Å². The lowest BCUT2D eigenvalue weighted by Crippen LogP contribution is -2.21. The summed E-state index contributed by atoms with van der Waals surface area (Å²) in [6.45, 7) is 0.855. The van der Waals surface area contributed by atoms with Crippen molar-refractivity contribution >= 4 is 5.91 Å². The van der Waals surface area contributed by atoms with Gasteiger partial charge in [0, 0.05) is 48.6 Å². The van der Waals surface area contributed by atoms with Crippen LogP contribution in [0.4, 0.5) is 0 Å². The molecular weight excluding hydrogens is 368 g/mol. The maximum atomic E-state index is 11.4. The zero-order valence-corrected chi connectivity index (χ0v) is 15.9. The fraction of sp³-hybridized carbons (Fsp3) is 0.250. The van der Waals surface area contributed by atoms with Gasteiger partial charge in [-0.25, -0.2) is 4.98 Å². The Morgan fingerprint density at radius 2 is 1.90 bits per heavy atom. The summed E-state index contributed by atoms with van der Waals surface area (Å²) in [5.41, 5.74) is 7.84. The summed E-state index contributed by atoms with van der Waals surface area (Å²) in [5, 5.41) is 13.4. The fourth-order valence-electron chi connectivity index (χ4n) is 3.83. The Morgan fingerprint density at radius 1 is 1.10 bits per heavy atom. The first-order valence-electron chi connectivity index (χ1n) is 9.46. The number of benzene rings is 1. The lowest BCUT2D eigenvalue weighted by atomic mass is 9.95. The second-order valence-electron chi connectivity index (χ2n) is 7.20. The minimum atomic E-state index is -0.454. The zero-order valence-electron chi connectivity index (χ0n) is 15.9. The Hall–Kier alpha value is -3.75. The highest BCUT2D eigenvalue weighted by Gasteiger charge is 2.27. The van der Waals surface area contributed by atoms with Crippen LogP contribution in [0.2, 0.25) is 0 Å². The minimum Gasteiger partial charge on any atom is -0.366 e. The standard InChI is InChI=1S/C20H20N8O/c1-26-17(7-10-22-26)28-20(15-8-11-27-16(12-15)6-9-23-27)24-19(25-28)14-4-2-13(3-5-14)18(21)29/h2-7,9-10,15H,8,11-12H2,1H3,(H2,21,29).